The Morgan fingerprint density at radius 1 is 1.56 bits per heavy atom. The average Bonchev–Trinajstić information content (AvgIpc) is 2.22. The number of nitrogens with one attached hydrogen (secondary N) is 1. The van der Waals surface area contributed by atoms with Crippen LogP contribution in [-0.2, 0) is 4.84 Å². The van der Waals surface area contributed by atoms with E-state index in [0.717, 1.165) is 16.5 Å². The summed E-state index contributed by atoms with van der Waals surface area (Å²) in [5.74, 6) is 1.39. The molecular weight excluding hydrogens is 244 g/mol. The van der Waals surface area contributed by atoms with Crippen LogP contribution in [-0.4, -0.2) is 35.9 Å². The highest BCUT2D eigenvalue weighted by Gasteiger charge is 2.24. The molecule has 0 atom stereocenters. The van der Waals surface area contributed by atoms with E-state index < -0.39 is 6.09 Å². The Morgan fingerprint density at radius 2 is 2.31 bits per heavy atom. The zero-order chi connectivity index (χ0) is 11.8. The van der Waals surface area contributed by atoms with Gasteiger partial charge in [0.05, 0.1) is 5.71 Å². The smallest absolute Gasteiger partial charge is 0.323 e. The fraction of sp³-hybridized carbons (Fsp3) is 0.800. The Balaban J connectivity index is 2.39. The predicted molar refractivity (Wildman–Crippen MR) is 71.2 cm³/mol. The van der Waals surface area contributed by atoms with Crippen molar-refractivity contribution >= 4 is 35.3 Å². The van der Waals surface area contributed by atoms with E-state index in [0.29, 0.717) is 5.92 Å². The quantitative estimate of drug-likeness (QED) is 0.263. The maximum Gasteiger partial charge on any atom is 0.433 e. The average molecular weight is 262 g/mol. The molecule has 92 valence electrons. The Bertz CT molecular complexity index is 255. The molecule has 1 amide bonds. The molecule has 1 aliphatic rings. The van der Waals surface area contributed by atoms with E-state index in [1.54, 1.807) is 11.8 Å². The van der Waals surface area contributed by atoms with Gasteiger partial charge < -0.3 is 5.32 Å². The van der Waals surface area contributed by atoms with Crippen molar-refractivity contribution in [1.82, 2.24) is 5.32 Å². The van der Waals surface area contributed by atoms with Crippen LogP contribution in [0, 0.1) is 5.92 Å². The molecule has 0 aromatic rings. The van der Waals surface area contributed by atoms with Gasteiger partial charge in [0.1, 0.15) is 0 Å². The SMILES string of the molecule is CNC(=O)ON=C(CSCSC)C1CCC1. The molecule has 0 heterocycles. The summed E-state index contributed by atoms with van der Waals surface area (Å²) in [5, 5.41) is 7.39. The highest BCUT2D eigenvalue weighted by molar-refractivity contribution is 8.15. The van der Waals surface area contributed by atoms with Crippen LogP contribution in [0.5, 0.6) is 0 Å². The molecule has 1 N–H and O–H groups in total. The van der Waals surface area contributed by atoms with Crippen LogP contribution < -0.4 is 5.32 Å². The maximum absolute atomic E-state index is 10.9. The van der Waals surface area contributed by atoms with Gasteiger partial charge in [-0.3, -0.25) is 4.84 Å². The molecule has 0 unspecified atom stereocenters. The van der Waals surface area contributed by atoms with Crippen molar-refractivity contribution in [2.45, 2.75) is 19.3 Å². The molecule has 1 fully saturated rings. The van der Waals surface area contributed by atoms with Gasteiger partial charge >= 0.3 is 6.09 Å². The van der Waals surface area contributed by atoms with Crippen LogP contribution in [0.15, 0.2) is 5.16 Å². The molecule has 0 aliphatic heterocycles. The Kier molecular flexibility index (Phi) is 6.71. The van der Waals surface area contributed by atoms with Gasteiger partial charge in [-0.15, -0.1) is 11.8 Å². The zero-order valence-corrected chi connectivity index (χ0v) is 11.3. The first-order chi connectivity index (χ1) is 7.77. The van der Waals surface area contributed by atoms with E-state index in [9.17, 15) is 4.79 Å². The van der Waals surface area contributed by atoms with Crippen LogP contribution in [0.1, 0.15) is 19.3 Å². The molecule has 16 heavy (non-hydrogen) atoms. The van der Waals surface area contributed by atoms with Crippen molar-refractivity contribution in [3.05, 3.63) is 0 Å². The lowest BCUT2D eigenvalue weighted by atomic mass is 9.82. The molecule has 6 heteroatoms. The van der Waals surface area contributed by atoms with E-state index >= 15 is 0 Å². The summed E-state index contributed by atoms with van der Waals surface area (Å²) in [6.45, 7) is 0. The van der Waals surface area contributed by atoms with Crippen LogP contribution in [0.3, 0.4) is 0 Å². The van der Waals surface area contributed by atoms with E-state index in [-0.39, 0.29) is 0 Å². The number of rotatable bonds is 6. The predicted octanol–water partition coefficient (Wildman–Crippen LogP) is 2.55. The zero-order valence-electron chi connectivity index (χ0n) is 9.69. The fourth-order valence-electron chi connectivity index (χ4n) is 1.34. The third kappa shape index (κ3) is 4.65. The minimum atomic E-state index is -0.494. The second-order valence-corrected chi connectivity index (χ2v) is 5.81. The van der Waals surface area contributed by atoms with Gasteiger partial charge in [0.2, 0.25) is 0 Å². The third-order valence-corrected chi connectivity index (χ3v) is 4.59. The largest absolute Gasteiger partial charge is 0.433 e. The van der Waals surface area contributed by atoms with Crippen molar-refractivity contribution in [3.63, 3.8) is 0 Å². The topological polar surface area (TPSA) is 50.7 Å². The van der Waals surface area contributed by atoms with Crippen molar-refractivity contribution in [2.24, 2.45) is 11.1 Å². The molecule has 1 aliphatic carbocycles. The Hall–Kier alpha value is -0.360. The number of amides is 1. The van der Waals surface area contributed by atoms with Crippen LogP contribution in [0.25, 0.3) is 0 Å². The molecule has 0 aromatic heterocycles. The van der Waals surface area contributed by atoms with Crippen LogP contribution in [0.4, 0.5) is 4.79 Å². The van der Waals surface area contributed by atoms with Crippen LogP contribution >= 0.6 is 23.5 Å². The number of hydrogen-bond acceptors (Lipinski definition) is 5. The lowest BCUT2D eigenvalue weighted by Crippen LogP contribution is -2.26. The summed E-state index contributed by atoms with van der Waals surface area (Å²) in [6.07, 6.45) is 5.20. The van der Waals surface area contributed by atoms with E-state index in [4.69, 9.17) is 4.84 Å². The Morgan fingerprint density at radius 3 is 2.81 bits per heavy atom. The lowest BCUT2D eigenvalue weighted by Gasteiger charge is -2.26. The van der Waals surface area contributed by atoms with Gasteiger partial charge in [0.15, 0.2) is 0 Å². The van der Waals surface area contributed by atoms with Crippen molar-refractivity contribution in [1.29, 1.82) is 0 Å². The van der Waals surface area contributed by atoms with Crippen molar-refractivity contribution in [2.75, 3.05) is 24.1 Å². The molecular formula is C10H18N2O2S2. The number of oxime groups is 1. The summed E-state index contributed by atoms with van der Waals surface area (Å²) < 4.78 is 0. The first-order valence-corrected chi connectivity index (χ1v) is 7.85. The minimum Gasteiger partial charge on any atom is -0.323 e. The number of thioether (sulfide) groups is 2. The number of hydrogen-bond donors (Lipinski definition) is 1. The van der Waals surface area contributed by atoms with Crippen LogP contribution in [0.2, 0.25) is 0 Å². The van der Waals surface area contributed by atoms with Gasteiger partial charge in [0.25, 0.3) is 0 Å². The van der Waals surface area contributed by atoms with Crippen molar-refractivity contribution < 1.29 is 9.63 Å². The van der Waals surface area contributed by atoms with Gasteiger partial charge in [-0.05, 0) is 19.1 Å². The number of carbonyl (C=O) groups is 1. The minimum absolute atomic E-state index is 0.494. The van der Waals surface area contributed by atoms with Gasteiger partial charge in [-0.2, -0.15) is 11.8 Å². The summed E-state index contributed by atoms with van der Waals surface area (Å²) in [4.78, 5) is 15.7. The first-order valence-electron chi connectivity index (χ1n) is 5.30. The second kappa shape index (κ2) is 7.84. The molecule has 1 saturated carbocycles. The molecule has 0 saturated heterocycles. The van der Waals surface area contributed by atoms with E-state index in [2.05, 4.69) is 16.7 Å². The van der Waals surface area contributed by atoms with Gasteiger partial charge in [-0.25, -0.2) is 4.79 Å². The monoisotopic (exact) mass is 262 g/mol. The summed E-state index contributed by atoms with van der Waals surface area (Å²) >= 11 is 3.62. The maximum atomic E-state index is 10.9. The van der Waals surface area contributed by atoms with E-state index in [1.807, 2.05) is 11.8 Å². The second-order valence-electron chi connectivity index (χ2n) is 3.59. The summed E-state index contributed by atoms with van der Waals surface area (Å²) in [6, 6.07) is 0. The molecule has 4 nitrogen and oxygen atoms in total. The highest BCUT2D eigenvalue weighted by atomic mass is 32.2. The first kappa shape index (κ1) is 13.7. The Labute approximate surface area is 105 Å². The molecule has 0 spiro atoms. The lowest BCUT2D eigenvalue weighted by molar-refractivity contribution is 0.151. The summed E-state index contributed by atoms with van der Waals surface area (Å²) in [7, 11) is 1.53. The number of carbonyl (C=O) groups excluding carboxylic acids is 1. The normalized spacial score (nSPS) is 16.8. The molecule has 0 aromatic carbocycles. The molecule has 0 radical (unpaired) electrons. The molecule has 0 bridgehead atoms. The van der Waals surface area contributed by atoms with Gasteiger partial charge in [-0.1, -0.05) is 11.6 Å². The summed E-state index contributed by atoms with van der Waals surface area (Å²) in [5.41, 5.74) is 1.02. The third-order valence-electron chi connectivity index (χ3n) is 2.48. The molecule has 1 rings (SSSR count). The van der Waals surface area contributed by atoms with E-state index in [1.165, 1.54) is 26.3 Å². The standard InChI is InChI=1S/C10H18N2O2S2/c1-11-10(13)14-12-9(6-16-7-15-2)8-4-3-5-8/h8H,3-7H2,1-2H3,(H,11,13). The van der Waals surface area contributed by atoms with Gasteiger partial charge in [0, 0.05) is 23.8 Å². The van der Waals surface area contributed by atoms with Crippen molar-refractivity contribution in [3.8, 4) is 0 Å². The highest BCUT2D eigenvalue weighted by Crippen LogP contribution is 2.29. The fourth-order valence-corrected chi connectivity index (χ4v) is 2.83. The number of nitrogens with zero attached hydrogens (tertiary/aromatic N) is 1.